The van der Waals surface area contributed by atoms with Gasteiger partial charge in [-0.3, -0.25) is 4.68 Å². The minimum atomic E-state index is 0.0741. The molecular weight excluding hydrogens is 240 g/mol. The quantitative estimate of drug-likeness (QED) is 0.886. The fraction of sp³-hybridized carbons (Fsp3) is 0.357. The molecule has 0 aliphatic rings. The number of benzene rings is 1. The SMILES string of the molecule is COc1ccccc1N(C)C(CN)c1cnn(C)c1. The monoisotopic (exact) mass is 260 g/mol. The van der Waals surface area contributed by atoms with Crippen molar-refractivity contribution >= 4 is 5.69 Å². The zero-order valence-corrected chi connectivity index (χ0v) is 11.6. The number of methoxy groups -OCH3 is 1. The van der Waals surface area contributed by atoms with Crippen LogP contribution in [0.2, 0.25) is 0 Å². The van der Waals surface area contributed by atoms with Crippen LogP contribution in [0.25, 0.3) is 0 Å². The summed E-state index contributed by atoms with van der Waals surface area (Å²) in [7, 11) is 5.59. The Balaban J connectivity index is 2.33. The Morgan fingerprint density at radius 3 is 2.74 bits per heavy atom. The number of aromatic nitrogens is 2. The molecule has 2 aromatic rings. The van der Waals surface area contributed by atoms with E-state index < -0.39 is 0 Å². The molecule has 1 aromatic carbocycles. The Morgan fingerprint density at radius 1 is 1.42 bits per heavy atom. The molecular formula is C14H20N4O. The molecule has 0 saturated carbocycles. The van der Waals surface area contributed by atoms with E-state index in [-0.39, 0.29) is 6.04 Å². The van der Waals surface area contributed by atoms with Gasteiger partial charge in [-0.1, -0.05) is 12.1 Å². The van der Waals surface area contributed by atoms with E-state index in [0.29, 0.717) is 6.54 Å². The third-order valence-corrected chi connectivity index (χ3v) is 3.27. The van der Waals surface area contributed by atoms with Crippen LogP contribution in [0.5, 0.6) is 5.75 Å². The number of hydrogen-bond donors (Lipinski definition) is 1. The molecule has 0 amide bonds. The van der Waals surface area contributed by atoms with Crippen LogP contribution in [0.15, 0.2) is 36.7 Å². The topological polar surface area (TPSA) is 56.3 Å². The van der Waals surface area contributed by atoms with E-state index in [9.17, 15) is 0 Å². The van der Waals surface area contributed by atoms with E-state index in [4.69, 9.17) is 10.5 Å². The van der Waals surface area contributed by atoms with Gasteiger partial charge >= 0.3 is 0 Å². The van der Waals surface area contributed by atoms with Crippen molar-refractivity contribution in [2.45, 2.75) is 6.04 Å². The van der Waals surface area contributed by atoms with Gasteiger partial charge in [0.1, 0.15) is 5.75 Å². The highest BCUT2D eigenvalue weighted by atomic mass is 16.5. The third-order valence-electron chi connectivity index (χ3n) is 3.27. The first-order valence-electron chi connectivity index (χ1n) is 6.21. The maximum absolute atomic E-state index is 5.92. The molecule has 0 saturated heterocycles. The molecule has 2 rings (SSSR count). The maximum atomic E-state index is 5.92. The number of hydrogen-bond acceptors (Lipinski definition) is 4. The molecule has 0 radical (unpaired) electrons. The highest BCUT2D eigenvalue weighted by molar-refractivity contribution is 5.59. The number of rotatable bonds is 5. The van der Waals surface area contributed by atoms with Gasteiger partial charge in [-0.2, -0.15) is 5.10 Å². The largest absolute Gasteiger partial charge is 0.495 e. The van der Waals surface area contributed by atoms with Gasteiger partial charge in [0.15, 0.2) is 0 Å². The van der Waals surface area contributed by atoms with E-state index >= 15 is 0 Å². The van der Waals surface area contributed by atoms with Crippen molar-refractivity contribution in [2.75, 3.05) is 25.6 Å². The van der Waals surface area contributed by atoms with Crippen LogP contribution < -0.4 is 15.4 Å². The second-order valence-corrected chi connectivity index (χ2v) is 4.48. The van der Waals surface area contributed by atoms with E-state index in [1.54, 1.807) is 11.8 Å². The Morgan fingerprint density at radius 2 is 2.16 bits per heavy atom. The molecule has 2 N–H and O–H groups in total. The number of likely N-dealkylation sites (N-methyl/N-ethyl adjacent to an activating group) is 1. The van der Waals surface area contributed by atoms with Gasteiger partial charge in [-0.15, -0.1) is 0 Å². The molecule has 19 heavy (non-hydrogen) atoms. The van der Waals surface area contributed by atoms with Gasteiger partial charge in [0.2, 0.25) is 0 Å². The van der Waals surface area contributed by atoms with Crippen molar-refractivity contribution in [3.8, 4) is 5.75 Å². The number of nitrogens with two attached hydrogens (primary N) is 1. The second-order valence-electron chi connectivity index (χ2n) is 4.48. The summed E-state index contributed by atoms with van der Waals surface area (Å²) in [6, 6.07) is 7.99. The summed E-state index contributed by atoms with van der Waals surface area (Å²) in [5.74, 6) is 0.840. The van der Waals surface area contributed by atoms with Crippen molar-refractivity contribution in [1.29, 1.82) is 0 Å². The van der Waals surface area contributed by atoms with E-state index in [1.165, 1.54) is 0 Å². The number of aryl methyl sites for hydroxylation is 1. The Hall–Kier alpha value is -2.01. The minimum absolute atomic E-state index is 0.0741. The highest BCUT2D eigenvalue weighted by Gasteiger charge is 2.19. The molecule has 0 fully saturated rings. The molecule has 1 heterocycles. The maximum Gasteiger partial charge on any atom is 0.142 e. The van der Waals surface area contributed by atoms with E-state index in [1.807, 2.05) is 50.8 Å². The lowest BCUT2D eigenvalue weighted by molar-refractivity contribution is 0.413. The number of anilines is 1. The summed E-state index contributed by atoms with van der Waals surface area (Å²) in [5, 5.41) is 4.21. The average molecular weight is 260 g/mol. The number of para-hydroxylation sites is 2. The first-order valence-corrected chi connectivity index (χ1v) is 6.21. The lowest BCUT2D eigenvalue weighted by Gasteiger charge is -2.29. The fourth-order valence-electron chi connectivity index (χ4n) is 2.22. The minimum Gasteiger partial charge on any atom is -0.495 e. The lowest BCUT2D eigenvalue weighted by atomic mass is 10.1. The van der Waals surface area contributed by atoms with Gasteiger partial charge < -0.3 is 15.4 Å². The molecule has 0 bridgehead atoms. The summed E-state index contributed by atoms with van der Waals surface area (Å²) in [6.07, 6.45) is 3.84. The first kappa shape index (κ1) is 13.4. The second kappa shape index (κ2) is 5.75. The summed E-state index contributed by atoms with van der Waals surface area (Å²) < 4.78 is 7.18. The standard InChI is InChI=1S/C14H20N4O/c1-17-10-11(9-16-17)13(8-15)18(2)12-6-4-5-7-14(12)19-3/h4-7,9-10,13H,8,15H2,1-3H3. The van der Waals surface area contributed by atoms with Gasteiger partial charge in [-0.25, -0.2) is 0 Å². The lowest BCUT2D eigenvalue weighted by Crippen LogP contribution is -2.30. The van der Waals surface area contributed by atoms with Crippen molar-refractivity contribution in [1.82, 2.24) is 9.78 Å². The molecule has 0 spiro atoms. The predicted molar refractivity (Wildman–Crippen MR) is 76.4 cm³/mol. The van der Waals surface area contributed by atoms with E-state index in [2.05, 4.69) is 10.00 Å². The first-order chi connectivity index (χ1) is 9.17. The molecule has 1 atom stereocenters. The Kier molecular flexibility index (Phi) is 4.06. The average Bonchev–Trinajstić information content (AvgIpc) is 2.86. The smallest absolute Gasteiger partial charge is 0.142 e. The molecule has 5 nitrogen and oxygen atoms in total. The van der Waals surface area contributed by atoms with Crippen LogP contribution in [-0.2, 0) is 7.05 Å². The summed E-state index contributed by atoms with van der Waals surface area (Å²) in [5.41, 5.74) is 8.04. The van der Waals surface area contributed by atoms with Crippen LogP contribution in [0.4, 0.5) is 5.69 Å². The summed E-state index contributed by atoms with van der Waals surface area (Å²) in [4.78, 5) is 2.12. The molecule has 1 aromatic heterocycles. The molecule has 1 unspecified atom stereocenters. The van der Waals surface area contributed by atoms with Crippen molar-refractivity contribution in [3.63, 3.8) is 0 Å². The van der Waals surface area contributed by atoms with Gasteiger partial charge in [0, 0.05) is 32.4 Å². The zero-order valence-electron chi connectivity index (χ0n) is 11.6. The number of nitrogens with zero attached hydrogens (tertiary/aromatic N) is 3. The van der Waals surface area contributed by atoms with Gasteiger partial charge in [0.25, 0.3) is 0 Å². The highest BCUT2D eigenvalue weighted by Crippen LogP contribution is 2.32. The van der Waals surface area contributed by atoms with Crippen LogP contribution in [-0.4, -0.2) is 30.5 Å². The predicted octanol–water partition coefficient (Wildman–Crippen LogP) is 1.56. The van der Waals surface area contributed by atoms with Gasteiger partial charge in [-0.05, 0) is 12.1 Å². The van der Waals surface area contributed by atoms with Crippen molar-refractivity contribution in [2.24, 2.45) is 12.8 Å². The van der Waals surface area contributed by atoms with Gasteiger partial charge in [0.05, 0.1) is 25.0 Å². The Bertz CT molecular complexity index is 538. The fourth-order valence-corrected chi connectivity index (χ4v) is 2.22. The van der Waals surface area contributed by atoms with Crippen LogP contribution in [0.3, 0.4) is 0 Å². The normalized spacial score (nSPS) is 12.2. The molecule has 5 heteroatoms. The summed E-state index contributed by atoms with van der Waals surface area (Å²) >= 11 is 0. The zero-order chi connectivity index (χ0) is 13.8. The summed E-state index contributed by atoms with van der Waals surface area (Å²) in [6.45, 7) is 0.514. The van der Waals surface area contributed by atoms with Crippen LogP contribution in [0.1, 0.15) is 11.6 Å². The van der Waals surface area contributed by atoms with Crippen LogP contribution >= 0.6 is 0 Å². The van der Waals surface area contributed by atoms with Crippen molar-refractivity contribution < 1.29 is 4.74 Å². The van der Waals surface area contributed by atoms with Crippen LogP contribution in [0, 0.1) is 0 Å². The Labute approximate surface area is 113 Å². The molecule has 0 aliphatic carbocycles. The molecule has 0 aliphatic heterocycles. The molecule has 102 valence electrons. The number of ether oxygens (including phenoxy) is 1. The van der Waals surface area contributed by atoms with Crippen molar-refractivity contribution in [3.05, 3.63) is 42.2 Å². The third kappa shape index (κ3) is 2.71. The van der Waals surface area contributed by atoms with E-state index in [0.717, 1.165) is 17.0 Å².